The van der Waals surface area contributed by atoms with Crippen LogP contribution in [0.15, 0.2) is 18.2 Å². The number of halogens is 1. The molecular weight excluding hydrogens is 232 g/mol. The molecule has 0 bridgehead atoms. The average molecular weight is 253 g/mol. The molecule has 1 atom stereocenters. The van der Waals surface area contributed by atoms with Crippen LogP contribution in [0.4, 0.5) is 0 Å². The molecule has 94 valence electrons. The van der Waals surface area contributed by atoms with Crippen LogP contribution in [0.2, 0.25) is 5.02 Å². The van der Waals surface area contributed by atoms with E-state index in [0.29, 0.717) is 6.04 Å². The van der Waals surface area contributed by atoms with Crippen LogP contribution in [0.25, 0.3) is 0 Å². The first-order valence-electron chi connectivity index (χ1n) is 6.45. The summed E-state index contributed by atoms with van der Waals surface area (Å²) < 4.78 is 0. The largest absolute Gasteiger partial charge is 0.327 e. The second-order valence-corrected chi connectivity index (χ2v) is 5.28. The molecule has 1 aliphatic heterocycles. The highest BCUT2D eigenvalue weighted by molar-refractivity contribution is 6.31. The summed E-state index contributed by atoms with van der Waals surface area (Å²) in [5.74, 6) is 0. The maximum absolute atomic E-state index is 6.31. The number of likely N-dealkylation sites (tertiary alicyclic amines) is 1. The highest BCUT2D eigenvalue weighted by Crippen LogP contribution is 2.23. The lowest BCUT2D eigenvalue weighted by Crippen LogP contribution is -2.42. The van der Waals surface area contributed by atoms with Crippen LogP contribution in [0.3, 0.4) is 0 Å². The molecule has 1 aromatic carbocycles. The van der Waals surface area contributed by atoms with E-state index in [0.717, 1.165) is 37.5 Å². The van der Waals surface area contributed by atoms with E-state index in [1.807, 2.05) is 12.1 Å². The van der Waals surface area contributed by atoms with E-state index < -0.39 is 0 Å². The topological polar surface area (TPSA) is 29.3 Å². The van der Waals surface area contributed by atoms with Crippen LogP contribution in [0.5, 0.6) is 0 Å². The van der Waals surface area contributed by atoms with Crippen LogP contribution in [0, 0.1) is 0 Å². The molecule has 0 unspecified atom stereocenters. The van der Waals surface area contributed by atoms with Gasteiger partial charge in [-0.2, -0.15) is 0 Å². The van der Waals surface area contributed by atoms with Gasteiger partial charge < -0.3 is 5.73 Å². The number of piperidine rings is 1. The Hall–Kier alpha value is -0.570. The van der Waals surface area contributed by atoms with Crippen molar-refractivity contribution >= 4 is 11.6 Å². The van der Waals surface area contributed by atoms with Gasteiger partial charge in [0.15, 0.2) is 0 Å². The predicted molar refractivity (Wildman–Crippen MR) is 73.3 cm³/mol. The van der Waals surface area contributed by atoms with E-state index in [-0.39, 0.29) is 0 Å². The molecule has 1 aromatic rings. The summed E-state index contributed by atoms with van der Waals surface area (Å²) >= 11 is 6.31. The monoisotopic (exact) mass is 252 g/mol. The van der Waals surface area contributed by atoms with Crippen LogP contribution >= 0.6 is 11.6 Å². The lowest BCUT2D eigenvalue weighted by atomic mass is 10.0. The van der Waals surface area contributed by atoms with Crippen LogP contribution < -0.4 is 5.73 Å². The number of hydrogen-bond acceptors (Lipinski definition) is 2. The third-order valence-electron chi connectivity index (χ3n) is 3.52. The van der Waals surface area contributed by atoms with Crippen molar-refractivity contribution in [3.05, 3.63) is 34.3 Å². The molecule has 1 aliphatic rings. The van der Waals surface area contributed by atoms with Gasteiger partial charge in [0.05, 0.1) is 0 Å². The summed E-state index contributed by atoms with van der Waals surface area (Å²) in [5, 5.41) is 0.892. The number of aryl methyl sites for hydroxylation is 1. The first kappa shape index (κ1) is 12.9. The second kappa shape index (κ2) is 5.85. The van der Waals surface area contributed by atoms with Gasteiger partial charge in [-0.3, -0.25) is 4.90 Å². The molecule has 0 spiro atoms. The fourth-order valence-electron chi connectivity index (χ4n) is 2.57. The first-order chi connectivity index (χ1) is 8.20. The van der Waals surface area contributed by atoms with E-state index in [1.54, 1.807) is 0 Å². The summed E-state index contributed by atoms with van der Waals surface area (Å²) in [7, 11) is 0. The molecule has 0 aromatic heterocycles. The fraction of sp³-hybridized carbons (Fsp3) is 0.571. The minimum Gasteiger partial charge on any atom is -0.327 e. The zero-order valence-corrected chi connectivity index (χ0v) is 11.2. The molecule has 1 fully saturated rings. The quantitative estimate of drug-likeness (QED) is 0.897. The highest BCUT2D eigenvalue weighted by Gasteiger charge is 2.18. The van der Waals surface area contributed by atoms with Gasteiger partial charge in [0.25, 0.3) is 0 Å². The van der Waals surface area contributed by atoms with Gasteiger partial charge in [-0.05, 0) is 43.0 Å². The molecule has 17 heavy (non-hydrogen) atoms. The standard InChI is InChI=1S/C14H21ClN2/c1-2-11-5-3-7-14(15)13(11)10-17-8-4-6-12(16)9-17/h3,5,7,12H,2,4,6,8-10,16H2,1H3/t12-/m1/s1. The number of hydrogen-bond donors (Lipinski definition) is 1. The maximum Gasteiger partial charge on any atom is 0.0453 e. The predicted octanol–water partition coefficient (Wildman–Crippen LogP) is 2.83. The summed E-state index contributed by atoms with van der Waals surface area (Å²) in [6.45, 7) is 5.25. The Bertz CT molecular complexity index is 378. The van der Waals surface area contributed by atoms with Crippen molar-refractivity contribution in [1.82, 2.24) is 4.90 Å². The van der Waals surface area contributed by atoms with Gasteiger partial charge in [0.1, 0.15) is 0 Å². The molecule has 0 amide bonds. The number of benzene rings is 1. The Balaban J connectivity index is 2.12. The first-order valence-corrected chi connectivity index (χ1v) is 6.82. The van der Waals surface area contributed by atoms with Crippen molar-refractivity contribution in [2.24, 2.45) is 5.73 Å². The van der Waals surface area contributed by atoms with Gasteiger partial charge >= 0.3 is 0 Å². The van der Waals surface area contributed by atoms with Crippen molar-refractivity contribution in [3.8, 4) is 0 Å². The van der Waals surface area contributed by atoms with E-state index in [1.165, 1.54) is 17.5 Å². The van der Waals surface area contributed by atoms with Gasteiger partial charge in [-0.1, -0.05) is 30.7 Å². The van der Waals surface area contributed by atoms with Crippen molar-refractivity contribution in [2.45, 2.75) is 38.8 Å². The fourth-order valence-corrected chi connectivity index (χ4v) is 2.82. The van der Waals surface area contributed by atoms with E-state index in [9.17, 15) is 0 Å². The normalized spacial score (nSPS) is 21.7. The Morgan fingerprint density at radius 2 is 2.29 bits per heavy atom. The van der Waals surface area contributed by atoms with Crippen molar-refractivity contribution in [2.75, 3.05) is 13.1 Å². The van der Waals surface area contributed by atoms with Crippen molar-refractivity contribution in [3.63, 3.8) is 0 Å². The van der Waals surface area contributed by atoms with E-state index in [2.05, 4.69) is 17.9 Å². The van der Waals surface area contributed by atoms with Gasteiger partial charge in [0, 0.05) is 24.2 Å². The smallest absolute Gasteiger partial charge is 0.0453 e. The molecule has 0 saturated carbocycles. The SMILES string of the molecule is CCc1cccc(Cl)c1CN1CCC[C@@H](N)C1. The third kappa shape index (κ3) is 3.21. The van der Waals surface area contributed by atoms with Gasteiger partial charge in [-0.15, -0.1) is 0 Å². The molecule has 1 saturated heterocycles. The lowest BCUT2D eigenvalue weighted by molar-refractivity contribution is 0.201. The summed E-state index contributed by atoms with van der Waals surface area (Å²) in [6, 6.07) is 6.52. The Morgan fingerprint density at radius 1 is 1.47 bits per heavy atom. The summed E-state index contributed by atoms with van der Waals surface area (Å²) in [5.41, 5.74) is 8.65. The molecule has 0 radical (unpaired) electrons. The minimum absolute atomic E-state index is 0.330. The van der Waals surface area contributed by atoms with Crippen molar-refractivity contribution < 1.29 is 0 Å². The van der Waals surface area contributed by atoms with Crippen LogP contribution in [-0.4, -0.2) is 24.0 Å². The zero-order chi connectivity index (χ0) is 12.3. The number of nitrogens with zero attached hydrogens (tertiary/aromatic N) is 1. The maximum atomic E-state index is 6.31. The molecule has 2 nitrogen and oxygen atoms in total. The van der Waals surface area contributed by atoms with Gasteiger partial charge in [-0.25, -0.2) is 0 Å². The Labute approximate surface area is 109 Å². The number of rotatable bonds is 3. The third-order valence-corrected chi connectivity index (χ3v) is 3.87. The molecule has 1 heterocycles. The molecular formula is C14H21ClN2. The highest BCUT2D eigenvalue weighted by atomic mass is 35.5. The van der Waals surface area contributed by atoms with Crippen LogP contribution in [0.1, 0.15) is 30.9 Å². The zero-order valence-electron chi connectivity index (χ0n) is 10.5. The van der Waals surface area contributed by atoms with E-state index >= 15 is 0 Å². The van der Waals surface area contributed by atoms with E-state index in [4.69, 9.17) is 17.3 Å². The second-order valence-electron chi connectivity index (χ2n) is 4.87. The van der Waals surface area contributed by atoms with Gasteiger partial charge in [0.2, 0.25) is 0 Å². The molecule has 2 N–H and O–H groups in total. The Kier molecular flexibility index (Phi) is 4.43. The molecule has 0 aliphatic carbocycles. The Morgan fingerprint density at radius 3 is 3.00 bits per heavy atom. The lowest BCUT2D eigenvalue weighted by Gasteiger charge is -2.31. The minimum atomic E-state index is 0.330. The average Bonchev–Trinajstić information content (AvgIpc) is 2.32. The van der Waals surface area contributed by atoms with Crippen LogP contribution in [-0.2, 0) is 13.0 Å². The summed E-state index contributed by atoms with van der Waals surface area (Å²) in [4.78, 5) is 2.43. The summed E-state index contributed by atoms with van der Waals surface area (Å²) in [6.07, 6.45) is 3.39. The van der Waals surface area contributed by atoms with Crippen molar-refractivity contribution in [1.29, 1.82) is 0 Å². The molecule has 2 rings (SSSR count). The molecule has 3 heteroatoms. The number of nitrogens with two attached hydrogens (primary N) is 1.